The number of nitrogens with one attached hydrogen (secondary N) is 1. The molecule has 0 saturated carbocycles. The van der Waals surface area contributed by atoms with E-state index in [1.807, 2.05) is 0 Å². The highest BCUT2D eigenvalue weighted by Gasteiger charge is 2.25. The second-order valence-electron chi connectivity index (χ2n) is 6.58. The van der Waals surface area contributed by atoms with Gasteiger partial charge < -0.3 is 19.7 Å². The predicted octanol–water partition coefficient (Wildman–Crippen LogP) is 1.93. The van der Waals surface area contributed by atoms with Crippen LogP contribution in [-0.4, -0.2) is 54.8 Å². The lowest BCUT2D eigenvalue weighted by Gasteiger charge is -2.29. The standard InChI is InChI=1S/C15H28N2O4/c1-11(16-14(19)21-15(2,3)4)13(18)17(5)10-12-8-6-7-9-20-12/h11-12H,6-10H2,1-5H3,(H,16,19). The Morgan fingerprint density at radius 1 is 1.38 bits per heavy atom. The summed E-state index contributed by atoms with van der Waals surface area (Å²) in [6.07, 6.45) is 2.72. The van der Waals surface area contributed by atoms with Crippen LogP contribution in [0.5, 0.6) is 0 Å². The van der Waals surface area contributed by atoms with Crippen LogP contribution in [0.1, 0.15) is 47.0 Å². The molecule has 0 aromatic carbocycles. The first-order valence-corrected chi connectivity index (χ1v) is 7.55. The second-order valence-corrected chi connectivity index (χ2v) is 6.58. The van der Waals surface area contributed by atoms with Crippen molar-refractivity contribution in [2.24, 2.45) is 0 Å². The zero-order chi connectivity index (χ0) is 16.0. The van der Waals surface area contributed by atoms with Gasteiger partial charge in [0.1, 0.15) is 11.6 Å². The molecule has 6 heteroatoms. The number of rotatable bonds is 4. The average molecular weight is 300 g/mol. The van der Waals surface area contributed by atoms with E-state index >= 15 is 0 Å². The van der Waals surface area contributed by atoms with Gasteiger partial charge in [-0.25, -0.2) is 4.79 Å². The van der Waals surface area contributed by atoms with Gasteiger partial charge in [0, 0.05) is 20.2 Å². The molecule has 21 heavy (non-hydrogen) atoms. The predicted molar refractivity (Wildman–Crippen MR) is 80.1 cm³/mol. The first-order valence-electron chi connectivity index (χ1n) is 7.55. The maximum absolute atomic E-state index is 12.2. The van der Waals surface area contributed by atoms with Crippen LogP contribution in [0.25, 0.3) is 0 Å². The quantitative estimate of drug-likeness (QED) is 0.861. The molecule has 1 aliphatic rings. The van der Waals surface area contributed by atoms with E-state index in [-0.39, 0.29) is 12.0 Å². The Morgan fingerprint density at radius 2 is 2.05 bits per heavy atom. The molecule has 0 radical (unpaired) electrons. The second kappa shape index (κ2) is 7.64. The van der Waals surface area contributed by atoms with E-state index in [1.54, 1.807) is 39.6 Å². The van der Waals surface area contributed by atoms with Gasteiger partial charge in [-0.2, -0.15) is 0 Å². The van der Waals surface area contributed by atoms with Crippen LogP contribution >= 0.6 is 0 Å². The summed E-state index contributed by atoms with van der Waals surface area (Å²) < 4.78 is 10.8. The molecular weight excluding hydrogens is 272 g/mol. The summed E-state index contributed by atoms with van der Waals surface area (Å²) in [5.74, 6) is -0.143. The van der Waals surface area contributed by atoms with Crippen LogP contribution in [0.15, 0.2) is 0 Å². The van der Waals surface area contributed by atoms with Crippen molar-refractivity contribution in [3.63, 3.8) is 0 Å². The number of amides is 2. The fourth-order valence-corrected chi connectivity index (χ4v) is 2.22. The minimum atomic E-state index is -0.617. The van der Waals surface area contributed by atoms with Crippen LogP contribution in [0.2, 0.25) is 0 Å². The fourth-order valence-electron chi connectivity index (χ4n) is 2.22. The normalized spacial score (nSPS) is 20.5. The Balaban J connectivity index is 2.39. The van der Waals surface area contributed by atoms with Gasteiger partial charge in [0.05, 0.1) is 6.10 Å². The minimum Gasteiger partial charge on any atom is -0.444 e. The monoisotopic (exact) mass is 300 g/mol. The molecule has 1 rings (SSSR count). The molecule has 1 fully saturated rings. The van der Waals surface area contributed by atoms with E-state index in [0.717, 1.165) is 25.9 Å². The molecule has 2 atom stereocenters. The Kier molecular flexibility index (Phi) is 6.45. The molecule has 0 aromatic heterocycles. The third kappa shape index (κ3) is 6.80. The number of hydrogen-bond donors (Lipinski definition) is 1. The molecule has 6 nitrogen and oxygen atoms in total. The number of nitrogens with zero attached hydrogens (tertiary/aromatic N) is 1. The SMILES string of the molecule is CC(NC(=O)OC(C)(C)C)C(=O)N(C)CC1CCCCO1. The molecule has 0 bridgehead atoms. The molecule has 1 aliphatic heterocycles. The third-order valence-electron chi connectivity index (χ3n) is 3.23. The summed E-state index contributed by atoms with van der Waals surface area (Å²) in [5.41, 5.74) is -0.575. The Hall–Kier alpha value is -1.30. The van der Waals surface area contributed by atoms with Crippen molar-refractivity contribution in [1.82, 2.24) is 10.2 Å². The van der Waals surface area contributed by atoms with Crippen molar-refractivity contribution >= 4 is 12.0 Å². The van der Waals surface area contributed by atoms with Gasteiger partial charge in [-0.15, -0.1) is 0 Å². The van der Waals surface area contributed by atoms with Gasteiger partial charge in [-0.1, -0.05) is 0 Å². The zero-order valence-electron chi connectivity index (χ0n) is 13.8. The maximum Gasteiger partial charge on any atom is 0.408 e. The van der Waals surface area contributed by atoms with Crippen LogP contribution in [0, 0.1) is 0 Å². The molecular formula is C15H28N2O4. The molecule has 1 N–H and O–H groups in total. The van der Waals surface area contributed by atoms with E-state index in [0.29, 0.717) is 6.54 Å². The van der Waals surface area contributed by atoms with Gasteiger partial charge in [-0.05, 0) is 47.0 Å². The van der Waals surface area contributed by atoms with Gasteiger partial charge in [0.15, 0.2) is 0 Å². The Morgan fingerprint density at radius 3 is 2.57 bits per heavy atom. The molecule has 122 valence electrons. The zero-order valence-corrected chi connectivity index (χ0v) is 13.8. The van der Waals surface area contributed by atoms with Gasteiger partial charge in [0.25, 0.3) is 0 Å². The molecule has 2 amide bonds. The number of carbonyl (C=O) groups is 2. The van der Waals surface area contributed by atoms with E-state index < -0.39 is 17.7 Å². The summed E-state index contributed by atoms with van der Waals surface area (Å²) in [4.78, 5) is 25.5. The molecule has 0 aliphatic carbocycles. The molecule has 0 spiro atoms. The minimum absolute atomic E-state index is 0.0985. The summed E-state index contributed by atoms with van der Waals surface area (Å²) in [6.45, 7) is 8.32. The van der Waals surface area contributed by atoms with E-state index in [4.69, 9.17) is 9.47 Å². The van der Waals surface area contributed by atoms with E-state index in [2.05, 4.69) is 5.32 Å². The highest BCUT2D eigenvalue weighted by Crippen LogP contribution is 2.14. The topological polar surface area (TPSA) is 67.9 Å². The van der Waals surface area contributed by atoms with Crippen molar-refractivity contribution in [3.05, 3.63) is 0 Å². The van der Waals surface area contributed by atoms with E-state index in [1.165, 1.54) is 0 Å². The van der Waals surface area contributed by atoms with Crippen molar-refractivity contribution in [2.45, 2.75) is 64.7 Å². The lowest BCUT2D eigenvalue weighted by Crippen LogP contribution is -2.49. The number of hydrogen-bond acceptors (Lipinski definition) is 4. The number of carbonyl (C=O) groups excluding carboxylic acids is 2. The third-order valence-corrected chi connectivity index (χ3v) is 3.23. The smallest absolute Gasteiger partial charge is 0.408 e. The molecule has 2 unspecified atom stereocenters. The van der Waals surface area contributed by atoms with E-state index in [9.17, 15) is 9.59 Å². The van der Waals surface area contributed by atoms with Crippen LogP contribution in [-0.2, 0) is 14.3 Å². The number of likely N-dealkylation sites (N-methyl/N-ethyl adjacent to an activating group) is 1. The highest BCUT2D eigenvalue weighted by atomic mass is 16.6. The average Bonchev–Trinajstić information content (AvgIpc) is 2.36. The van der Waals surface area contributed by atoms with Crippen LogP contribution in [0.3, 0.4) is 0 Å². The highest BCUT2D eigenvalue weighted by molar-refractivity contribution is 5.85. The maximum atomic E-state index is 12.2. The lowest BCUT2D eigenvalue weighted by molar-refractivity contribution is -0.134. The fraction of sp³-hybridized carbons (Fsp3) is 0.867. The van der Waals surface area contributed by atoms with Crippen LogP contribution < -0.4 is 5.32 Å². The summed E-state index contributed by atoms with van der Waals surface area (Å²) in [6, 6.07) is -0.617. The van der Waals surface area contributed by atoms with Gasteiger partial charge in [-0.3, -0.25) is 4.79 Å². The summed E-state index contributed by atoms with van der Waals surface area (Å²) in [7, 11) is 1.73. The first-order chi connectivity index (χ1) is 9.69. The molecule has 1 saturated heterocycles. The van der Waals surface area contributed by atoms with Gasteiger partial charge >= 0.3 is 6.09 Å². The summed E-state index contributed by atoms with van der Waals surface area (Å²) in [5, 5.41) is 2.56. The largest absolute Gasteiger partial charge is 0.444 e. The van der Waals surface area contributed by atoms with Crippen molar-refractivity contribution < 1.29 is 19.1 Å². The number of alkyl carbamates (subject to hydrolysis) is 1. The Labute approximate surface area is 127 Å². The number of ether oxygens (including phenoxy) is 2. The summed E-state index contributed by atoms with van der Waals surface area (Å²) >= 11 is 0. The van der Waals surface area contributed by atoms with Gasteiger partial charge in [0.2, 0.25) is 5.91 Å². The van der Waals surface area contributed by atoms with Crippen molar-refractivity contribution in [1.29, 1.82) is 0 Å². The van der Waals surface area contributed by atoms with Crippen molar-refractivity contribution in [2.75, 3.05) is 20.2 Å². The molecule has 0 aromatic rings. The van der Waals surface area contributed by atoms with Crippen molar-refractivity contribution in [3.8, 4) is 0 Å². The first kappa shape index (κ1) is 17.8. The molecule has 1 heterocycles. The van der Waals surface area contributed by atoms with Crippen LogP contribution in [0.4, 0.5) is 4.79 Å². The lowest BCUT2D eigenvalue weighted by atomic mass is 10.1. The Bertz CT molecular complexity index is 359.